The van der Waals surface area contributed by atoms with Crippen molar-refractivity contribution in [1.29, 1.82) is 0 Å². The largest absolute Gasteiger partial charge is 0.297 e. The zero-order valence-electron chi connectivity index (χ0n) is 15.5. The third-order valence-corrected chi connectivity index (χ3v) is 5.85. The molecule has 4 aromatic carbocycles. The minimum Gasteiger partial charge on any atom is -0.297 e. The third kappa shape index (κ3) is 2.30. The Kier molecular flexibility index (Phi) is 3.95. The highest BCUT2D eigenvalue weighted by Gasteiger charge is 2.53. The van der Waals surface area contributed by atoms with Crippen LogP contribution in [0.1, 0.15) is 33.7 Å². The molecule has 1 heteroatoms. The Morgan fingerprint density at radius 1 is 0.536 bits per heavy atom. The lowest BCUT2D eigenvalue weighted by Crippen LogP contribution is -2.36. The fourth-order valence-electron chi connectivity index (χ4n) is 4.70. The van der Waals surface area contributed by atoms with Gasteiger partial charge in [0.25, 0.3) is 0 Å². The Hall–Kier alpha value is -3.45. The van der Waals surface area contributed by atoms with Gasteiger partial charge in [0.1, 0.15) is 5.41 Å². The van der Waals surface area contributed by atoms with Gasteiger partial charge in [0.2, 0.25) is 0 Å². The highest BCUT2D eigenvalue weighted by molar-refractivity contribution is 6.08. The van der Waals surface area contributed by atoms with Gasteiger partial charge in [-0.15, -0.1) is 0 Å². The maximum atomic E-state index is 14.3. The molecule has 0 aromatic heterocycles. The molecule has 1 aliphatic carbocycles. The van der Waals surface area contributed by atoms with E-state index in [1.165, 1.54) is 0 Å². The molecule has 1 nitrogen and oxygen atoms in total. The Balaban J connectivity index is 1.87. The highest BCUT2D eigenvalue weighted by Crippen LogP contribution is 2.53. The first-order valence-electron chi connectivity index (χ1n) is 9.63. The van der Waals surface area contributed by atoms with E-state index in [1.807, 2.05) is 66.7 Å². The van der Waals surface area contributed by atoms with Crippen LogP contribution >= 0.6 is 0 Å². The van der Waals surface area contributed by atoms with Gasteiger partial charge >= 0.3 is 0 Å². The zero-order chi connectivity index (χ0) is 19.0. The maximum absolute atomic E-state index is 14.3. The second-order valence-electron chi connectivity index (χ2n) is 7.28. The first-order valence-corrected chi connectivity index (χ1v) is 9.63. The summed E-state index contributed by atoms with van der Waals surface area (Å²) in [6.45, 7) is 0. The van der Waals surface area contributed by atoms with E-state index in [9.17, 15) is 4.79 Å². The van der Waals surface area contributed by atoms with E-state index in [0.717, 1.165) is 27.8 Å². The molecule has 4 aromatic rings. The number of Topliss-reactive ketones (excluding diaryl/α,β-unsaturated/α-hetero) is 1. The van der Waals surface area contributed by atoms with Crippen molar-refractivity contribution in [2.75, 3.05) is 0 Å². The number of ketones is 1. The molecule has 0 amide bonds. The lowest BCUT2D eigenvalue weighted by atomic mass is 9.69. The number of rotatable bonds is 3. The molecule has 1 unspecified atom stereocenters. The van der Waals surface area contributed by atoms with Crippen molar-refractivity contribution in [1.82, 2.24) is 0 Å². The van der Waals surface area contributed by atoms with Crippen molar-refractivity contribution in [3.8, 4) is 0 Å². The van der Waals surface area contributed by atoms with E-state index in [2.05, 4.69) is 48.5 Å². The zero-order valence-corrected chi connectivity index (χ0v) is 15.5. The van der Waals surface area contributed by atoms with Crippen LogP contribution in [-0.4, -0.2) is 5.78 Å². The van der Waals surface area contributed by atoms with Crippen molar-refractivity contribution >= 4 is 5.78 Å². The summed E-state index contributed by atoms with van der Waals surface area (Å²) in [7, 11) is 0. The topological polar surface area (TPSA) is 17.1 Å². The average Bonchev–Trinajstić information content (AvgIpc) is 3.04. The minimum absolute atomic E-state index is 0.220. The summed E-state index contributed by atoms with van der Waals surface area (Å²) in [5.41, 5.74) is 4.50. The number of fused-ring (bicyclic) bond motifs is 1. The van der Waals surface area contributed by atoms with Crippen molar-refractivity contribution in [2.24, 2.45) is 0 Å². The smallest absolute Gasteiger partial charge is 0.164 e. The van der Waals surface area contributed by atoms with Gasteiger partial charge in [-0.05, 0) is 27.8 Å². The normalized spacial score (nSPS) is 17.3. The molecular formula is C27H20O. The van der Waals surface area contributed by atoms with Gasteiger partial charge in [-0.3, -0.25) is 4.79 Å². The second kappa shape index (κ2) is 6.61. The molecule has 134 valence electrons. The number of carbonyl (C=O) groups excluding carboxylic acids is 1. The average molecular weight is 360 g/mol. The summed E-state index contributed by atoms with van der Waals surface area (Å²) in [6.07, 6.45) is 0. The molecule has 5 rings (SSSR count). The Bertz CT molecular complexity index is 1080. The summed E-state index contributed by atoms with van der Waals surface area (Å²) >= 11 is 0. The van der Waals surface area contributed by atoms with E-state index in [1.54, 1.807) is 0 Å². The Morgan fingerprint density at radius 3 is 1.57 bits per heavy atom. The van der Waals surface area contributed by atoms with Crippen LogP contribution in [0.2, 0.25) is 0 Å². The summed E-state index contributed by atoms with van der Waals surface area (Å²) in [6, 6.07) is 38.8. The van der Waals surface area contributed by atoms with Gasteiger partial charge < -0.3 is 0 Å². The molecular weight excluding hydrogens is 340 g/mol. The summed E-state index contributed by atoms with van der Waals surface area (Å²) in [5, 5.41) is 0. The van der Waals surface area contributed by atoms with E-state index >= 15 is 0 Å². The number of hydrogen-bond donors (Lipinski definition) is 0. The summed E-state index contributed by atoms with van der Waals surface area (Å²) in [5.74, 6) is -0.0462. The molecule has 0 aliphatic heterocycles. The van der Waals surface area contributed by atoms with E-state index < -0.39 is 5.41 Å². The molecule has 1 aliphatic rings. The van der Waals surface area contributed by atoms with Gasteiger partial charge in [-0.2, -0.15) is 0 Å². The third-order valence-electron chi connectivity index (χ3n) is 5.85. The van der Waals surface area contributed by atoms with Crippen LogP contribution in [0.3, 0.4) is 0 Å². The molecule has 0 heterocycles. The van der Waals surface area contributed by atoms with E-state index in [4.69, 9.17) is 0 Å². The summed E-state index contributed by atoms with van der Waals surface area (Å²) < 4.78 is 0. The first-order chi connectivity index (χ1) is 13.8. The van der Waals surface area contributed by atoms with Gasteiger partial charge in [-0.25, -0.2) is 0 Å². The fraction of sp³-hybridized carbons (Fsp3) is 0.0741. The van der Waals surface area contributed by atoms with Gasteiger partial charge in [-0.1, -0.05) is 115 Å². The lowest BCUT2D eigenvalue weighted by Gasteiger charge is -2.31. The van der Waals surface area contributed by atoms with Crippen LogP contribution in [0, 0.1) is 0 Å². The van der Waals surface area contributed by atoms with Crippen LogP contribution in [-0.2, 0) is 10.2 Å². The van der Waals surface area contributed by atoms with Crippen molar-refractivity contribution in [2.45, 2.75) is 11.3 Å². The van der Waals surface area contributed by atoms with Crippen LogP contribution in [0.15, 0.2) is 115 Å². The maximum Gasteiger partial charge on any atom is 0.164 e. The number of benzene rings is 4. The van der Waals surface area contributed by atoms with Crippen molar-refractivity contribution in [3.63, 3.8) is 0 Å². The van der Waals surface area contributed by atoms with Crippen LogP contribution in [0.4, 0.5) is 0 Å². The molecule has 0 radical (unpaired) electrons. The first kappa shape index (κ1) is 16.7. The van der Waals surface area contributed by atoms with Crippen LogP contribution < -0.4 is 0 Å². The van der Waals surface area contributed by atoms with Gasteiger partial charge in [0, 0.05) is 0 Å². The quantitative estimate of drug-likeness (QED) is 0.456. The molecule has 28 heavy (non-hydrogen) atoms. The van der Waals surface area contributed by atoms with Crippen molar-refractivity contribution in [3.05, 3.63) is 143 Å². The monoisotopic (exact) mass is 360 g/mol. The molecule has 0 bridgehead atoms. The molecule has 0 fully saturated rings. The minimum atomic E-state index is -0.792. The number of carbonyl (C=O) groups is 1. The molecule has 0 N–H and O–H groups in total. The number of hydrogen-bond acceptors (Lipinski definition) is 1. The molecule has 1 atom stereocenters. The predicted molar refractivity (Wildman–Crippen MR) is 113 cm³/mol. The second-order valence-corrected chi connectivity index (χ2v) is 7.28. The summed E-state index contributed by atoms with van der Waals surface area (Å²) in [4.78, 5) is 14.3. The Morgan fingerprint density at radius 2 is 1.00 bits per heavy atom. The SMILES string of the molecule is O=C1C(c2ccccc2)c2ccccc2C1(c1ccccc1)c1ccccc1. The fourth-order valence-corrected chi connectivity index (χ4v) is 4.70. The molecule has 0 saturated carbocycles. The van der Waals surface area contributed by atoms with Gasteiger partial charge in [0.05, 0.1) is 5.92 Å². The lowest BCUT2D eigenvalue weighted by molar-refractivity contribution is -0.121. The van der Waals surface area contributed by atoms with Gasteiger partial charge in [0.15, 0.2) is 5.78 Å². The Labute approximate surface area is 165 Å². The molecule has 0 saturated heterocycles. The van der Waals surface area contributed by atoms with Crippen LogP contribution in [0.5, 0.6) is 0 Å². The predicted octanol–water partition coefficient (Wildman–Crippen LogP) is 5.74. The van der Waals surface area contributed by atoms with E-state index in [-0.39, 0.29) is 11.7 Å². The van der Waals surface area contributed by atoms with Crippen LogP contribution in [0.25, 0.3) is 0 Å². The highest BCUT2D eigenvalue weighted by atomic mass is 16.1. The standard InChI is InChI=1S/C27H20O/c28-26-25(20-12-4-1-5-13-20)23-18-10-11-19-24(23)27(26,21-14-6-2-7-15-21)22-16-8-3-9-17-22/h1-19,25H. The van der Waals surface area contributed by atoms with E-state index in [0.29, 0.717) is 0 Å². The van der Waals surface area contributed by atoms with Crippen molar-refractivity contribution < 1.29 is 4.79 Å². The molecule has 0 spiro atoms.